The van der Waals surface area contributed by atoms with Gasteiger partial charge in [0.2, 0.25) is 15.9 Å². The van der Waals surface area contributed by atoms with E-state index in [1.165, 1.54) is 7.11 Å². The van der Waals surface area contributed by atoms with Crippen molar-refractivity contribution in [1.82, 2.24) is 4.72 Å². The number of hydrogen-bond acceptors (Lipinski definition) is 4. The Balaban J connectivity index is 1.58. The average Bonchev–Trinajstić information content (AvgIpc) is 3.12. The van der Waals surface area contributed by atoms with Crippen LogP contribution in [-0.4, -0.2) is 34.5 Å². The number of sulfonamides is 1. The van der Waals surface area contributed by atoms with E-state index in [9.17, 15) is 13.2 Å². The zero-order valence-corrected chi connectivity index (χ0v) is 17.0. The largest absolute Gasteiger partial charge is 0.375 e. The number of nitrogens with one attached hydrogen (secondary N) is 1. The van der Waals surface area contributed by atoms with E-state index in [1.54, 1.807) is 23.1 Å². The van der Waals surface area contributed by atoms with E-state index in [-0.39, 0.29) is 17.3 Å². The summed E-state index contributed by atoms with van der Waals surface area (Å²) in [4.78, 5) is 14.0. The number of anilines is 1. The first-order valence-electron chi connectivity index (χ1n) is 9.14. The van der Waals surface area contributed by atoms with E-state index in [0.29, 0.717) is 30.8 Å². The summed E-state index contributed by atoms with van der Waals surface area (Å²) in [7, 11) is -2.20. The summed E-state index contributed by atoms with van der Waals surface area (Å²) in [6.07, 6.45) is 1.17. The van der Waals surface area contributed by atoms with Crippen molar-refractivity contribution in [2.45, 2.75) is 30.3 Å². The Bertz CT molecular complexity index is 1040. The molecule has 0 saturated heterocycles. The molecular formula is C20H21ClN2O4S. The summed E-state index contributed by atoms with van der Waals surface area (Å²) in [6, 6.07) is 10.6. The third kappa shape index (κ3) is 3.43. The number of benzene rings is 2. The van der Waals surface area contributed by atoms with Crippen molar-refractivity contribution in [1.29, 1.82) is 0 Å². The number of carbonyl (C=O) groups is 1. The third-order valence-corrected chi connectivity index (χ3v) is 7.08. The first kappa shape index (κ1) is 19.4. The van der Waals surface area contributed by atoms with Crippen molar-refractivity contribution in [3.63, 3.8) is 0 Å². The molecule has 0 bridgehead atoms. The molecule has 0 aromatic heterocycles. The molecule has 0 spiro atoms. The molecule has 0 radical (unpaired) electrons. The summed E-state index contributed by atoms with van der Waals surface area (Å²) in [6.45, 7) is 0.690. The zero-order chi connectivity index (χ0) is 19.9. The van der Waals surface area contributed by atoms with Gasteiger partial charge in [-0.15, -0.1) is 0 Å². The highest BCUT2D eigenvalue weighted by Gasteiger charge is 2.33. The molecule has 2 aromatic rings. The number of hydrogen-bond donors (Lipinski definition) is 1. The summed E-state index contributed by atoms with van der Waals surface area (Å²) < 4.78 is 33.9. The van der Waals surface area contributed by atoms with Gasteiger partial charge in [0.15, 0.2) is 0 Å². The second kappa shape index (κ2) is 7.48. The fraction of sp³-hybridized carbons (Fsp3) is 0.350. The lowest BCUT2D eigenvalue weighted by atomic mass is 10.00. The number of aryl methyl sites for hydroxylation is 1. The zero-order valence-electron chi connectivity index (χ0n) is 15.4. The monoisotopic (exact) mass is 420 g/mol. The maximum absolute atomic E-state index is 12.9. The van der Waals surface area contributed by atoms with Gasteiger partial charge in [0.1, 0.15) is 0 Å². The summed E-state index contributed by atoms with van der Waals surface area (Å²) >= 11 is 6.21. The topological polar surface area (TPSA) is 75.7 Å². The van der Waals surface area contributed by atoms with E-state index in [0.717, 1.165) is 22.4 Å². The molecule has 1 N–H and O–H groups in total. The van der Waals surface area contributed by atoms with Gasteiger partial charge in [0, 0.05) is 37.2 Å². The molecule has 0 unspecified atom stereocenters. The van der Waals surface area contributed by atoms with Crippen LogP contribution >= 0.6 is 11.6 Å². The van der Waals surface area contributed by atoms with Crippen molar-refractivity contribution >= 4 is 33.2 Å². The van der Waals surface area contributed by atoms with E-state index < -0.39 is 16.1 Å². The number of amides is 1. The predicted molar refractivity (Wildman–Crippen MR) is 107 cm³/mol. The normalized spacial score (nSPS) is 16.9. The third-order valence-electron chi connectivity index (χ3n) is 5.33. The maximum Gasteiger partial charge on any atom is 0.240 e. The number of methoxy groups -OCH3 is 1. The Morgan fingerprint density at radius 2 is 1.89 bits per heavy atom. The minimum Gasteiger partial charge on any atom is -0.375 e. The molecular weight excluding hydrogens is 400 g/mol. The highest BCUT2D eigenvalue weighted by atomic mass is 35.5. The van der Waals surface area contributed by atoms with Gasteiger partial charge >= 0.3 is 0 Å². The SMILES string of the molecule is CO[C@H](CNS(=O)(=O)c1cc2c3c(c1)CCN3C(=O)CC2)c1ccccc1Cl. The van der Waals surface area contributed by atoms with Gasteiger partial charge in [0.05, 0.1) is 16.7 Å². The molecule has 6 nitrogen and oxygen atoms in total. The van der Waals surface area contributed by atoms with Crippen molar-refractivity contribution in [3.8, 4) is 0 Å². The van der Waals surface area contributed by atoms with E-state index in [2.05, 4.69) is 4.72 Å². The molecule has 2 aliphatic heterocycles. The van der Waals surface area contributed by atoms with Gasteiger partial charge in [-0.1, -0.05) is 29.8 Å². The minimum absolute atomic E-state index is 0.0690. The van der Waals surface area contributed by atoms with Crippen LogP contribution in [0.3, 0.4) is 0 Å². The Morgan fingerprint density at radius 3 is 2.61 bits per heavy atom. The van der Waals surface area contributed by atoms with Crippen LogP contribution in [0.1, 0.15) is 29.2 Å². The first-order valence-corrected chi connectivity index (χ1v) is 11.0. The van der Waals surface area contributed by atoms with Crippen LogP contribution in [-0.2, 0) is 32.4 Å². The van der Waals surface area contributed by atoms with Crippen LogP contribution in [0, 0.1) is 0 Å². The highest BCUT2D eigenvalue weighted by Crippen LogP contribution is 2.38. The molecule has 0 saturated carbocycles. The van der Waals surface area contributed by atoms with Gasteiger partial charge in [0.25, 0.3) is 0 Å². The Hall–Kier alpha value is -1.93. The van der Waals surface area contributed by atoms with E-state index in [4.69, 9.17) is 16.3 Å². The summed E-state index contributed by atoms with van der Waals surface area (Å²) in [5.74, 6) is 0.114. The minimum atomic E-state index is -3.72. The predicted octanol–water partition coefficient (Wildman–Crippen LogP) is 2.84. The summed E-state index contributed by atoms with van der Waals surface area (Å²) in [5.41, 5.74) is 3.47. The fourth-order valence-corrected chi connectivity index (χ4v) is 5.30. The van der Waals surface area contributed by atoms with Crippen LogP contribution in [0.2, 0.25) is 5.02 Å². The number of halogens is 1. The van der Waals surface area contributed by atoms with E-state index >= 15 is 0 Å². The van der Waals surface area contributed by atoms with Gasteiger partial charge in [-0.05, 0) is 42.2 Å². The maximum atomic E-state index is 12.9. The van der Waals surface area contributed by atoms with Gasteiger partial charge < -0.3 is 9.64 Å². The van der Waals surface area contributed by atoms with Crippen molar-refractivity contribution in [2.75, 3.05) is 25.1 Å². The van der Waals surface area contributed by atoms with Gasteiger partial charge in [-0.25, -0.2) is 13.1 Å². The Labute approximate surface area is 169 Å². The van der Waals surface area contributed by atoms with Gasteiger partial charge in [-0.2, -0.15) is 0 Å². The van der Waals surface area contributed by atoms with Crippen molar-refractivity contribution < 1.29 is 17.9 Å². The van der Waals surface area contributed by atoms with Crippen LogP contribution in [0.5, 0.6) is 0 Å². The molecule has 2 aromatic carbocycles. The van der Waals surface area contributed by atoms with Crippen LogP contribution in [0.25, 0.3) is 0 Å². The molecule has 8 heteroatoms. The lowest BCUT2D eigenvalue weighted by Crippen LogP contribution is -2.33. The van der Waals surface area contributed by atoms with Crippen molar-refractivity contribution in [2.24, 2.45) is 0 Å². The lowest BCUT2D eigenvalue weighted by molar-refractivity contribution is -0.118. The number of carbonyl (C=O) groups excluding carboxylic acids is 1. The van der Waals surface area contributed by atoms with Crippen LogP contribution < -0.4 is 9.62 Å². The summed E-state index contributed by atoms with van der Waals surface area (Å²) in [5, 5.41) is 0.528. The lowest BCUT2D eigenvalue weighted by Gasteiger charge is -2.26. The first-order chi connectivity index (χ1) is 13.4. The molecule has 2 aliphatic rings. The molecule has 148 valence electrons. The molecule has 0 aliphatic carbocycles. The smallest absolute Gasteiger partial charge is 0.240 e. The molecule has 1 amide bonds. The number of nitrogens with zero attached hydrogens (tertiary/aromatic N) is 1. The molecule has 28 heavy (non-hydrogen) atoms. The molecule has 4 rings (SSSR count). The average molecular weight is 421 g/mol. The van der Waals surface area contributed by atoms with E-state index in [1.807, 2.05) is 18.2 Å². The second-order valence-electron chi connectivity index (χ2n) is 6.98. The highest BCUT2D eigenvalue weighted by molar-refractivity contribution is 7.89. The Morgan fingerprint density at radius 1 is 1.18 bits per heavy atom. The number of rotatable bonds is 6. The quantitative estimate of drug-likeness (QED) is 0.779. The molecule has 0 fully saturated rings. The van der Waals surface area contributed by atoms with Gasteiger partial charge in [-0.3, -0.25) is 4.79 Å². The van der Waals surface area contributed by atoms with Crippen LogP contribution in [0.4, 0.5) is 5.69 Å². The van der Waals surface area contributed by atoms with Crippen molar-refractivity contribution in [3.05, 3.63) is 58.1 Å². The fourth-order valence-electron chi connectivity index (χ4n) is 3.91. The molecule has 1 atom stereocenters. The van der Waals surface area contributed by atoms with Crippen LogP contribution in [0.15, 0.2) is 41.3 Å². The standard InChI is InChI=1S/C20H21ClN2O4S/c1-27-18(16-4-2-3-5-17(16)21)12-22-28(25,26)15-10-13-6-7-19(24)23-9-8-14(11-15)20(13)23/h2-5,10-11,18,22H,6-9,12H2,1H3/t18-/m1/s1. The Kier molecular flexibility index (Phi) is 5.18. The second-order valence-corrected chi connectivity index (χ2v) is 9.16. The number of ether oxygens (including phenoxy) is 1. The molecule has 2 heterocycles.